The fraction of sp³-hybridized carbons (Fsp3) is 0.160. The number of nitrogens with one attached hydrogen (secondary N) is 1. The van der Waals surface area contributed by atoms with Crippen LogP contribution in [-0.4, -0.2) is 31.2 Å². The van der Waals surface area contributed by atoms with E-state index in [4.69, 9.17) is 21.3 Å². The maximum Gasteiger partial charge on any atom is 0.244 e. The Bertz CT molecular complexity index is 1210. The third-order valence-electron chi connectivity index (χ3n) is 5.23. The number of methoxy groups -OCH3 is 1. The Morgan fingerprint density at radius 1 is 1.12 bits per heavy atom. The number of carbonyl (C=O) groups is 2. The smallest absolute Gasteiger partial charge is 0.244 e. The molecule has 2 amide bonds. The quantitative estimate of drug-likeness (QED) is 0.587. The van der Waals surface area contributed by atoms with Crippen LogP contribution in [0.1, 0.15) is 17.5 Å². The molecule has 32 heavy (non-hydrogen) atoms. The van der Waals surface area contributed by atoms with E-state index < -0.39 is 0 Å². The molecule has 3 aromatic rings. The summed E-state index contributed by atoms with van der Waals surface area (Å²) in [4.78, 5) is 32.2. The van der Waals surface area contributed by atoms with Crippen molar-refractivity contribution < 1.29 is 14.3 Å². The molecule has 1 aliphatic heterocycles. The van der Waals surface area contributed by atoms with Gasteiger partial charge in [-0.3, -0.25) is 14.6 Å². The summed E-state index contributed by atoms with van der Waals surface area (Å²) >= 11 is 6.16. The molecule has 0 unspecified atom stereocenters. The summed E-state index contributed by atoms with van der Waals surface area (Å²) in [6.45, 7) is 1.76. The largest absolute Gasteiger partial charge is 0.497 e. The van der Waals surface area contributed by atoms with Crippen molar-refractivity contribution in [1.29, 1.82) is 0 Å². The van der Waals surface area contributed by atoms with Gasteiger partial charge in [-0.05, 0) is 66.6 Å². The molecule has 1 heterocycles. The highest BCUT2D eigenvalue weighted by atomic mass is 35.5. The fourth-order valence-electron chi connectivity index (χ4n) is 3.48. The van der Waals surface area contributed by atoms with Gasteiger partial charge >= 0.3 is 0 Å². The van der Waals surface area contributed by atoms with Crippen LogP contribution in [-0.2, 0) is 9.59 Å². The van der Waals surface area contributed by atoms with Crippen molar-refractivity contribution in [3.63, 3.8) is 0 Å². The van der Waals surface area contributed by atoms with Gasteiger partial charge in [0, 0.05) is 10.7 Å². The number of anilines is 2. The summed E-state index contributed by atoms with van der Waals surface area (Å²) in [5.41, 5.74) is 4.20. The Labute approximate surface area is 191 Å². The normalized spacial score (nSPS) is 13.2. The molecule has 0 bridgehead atoms. The van der Waals surface area contributed by atoms with E-state index in [0.717, 1.165) is 16.9 Å². The van der Waals surface area contributed by atoms with Crippen LogP contribution in [0.3, 0.4) is 0 Å². The van der Waals surface area contributed by atoms with Crippen molar-refractivity contribution in [2.75, 3.05) is 23.9 Å². The number of aryl methyl sites for hydroxylation is 1. The second-order valence-corrected chi connectivity index (χ2v) is 7.85. The van der Waals surface area contributed by atoms with Crippen LogP contribution in [0.25, 0.3) is 0 Å². The number of ether oxygens (including phenoxy) is 1. The van der Waals surface area contributed by atoms with Gasteiger partial charge in [0.1, 0.15) is 12.3 Å². The van der Waals surface area contributed by atoms with Crippen molar-refractivity contribution in [2.45, 2.75) is 13.3 Å². The summed E-state index contributed by atoms with van der Waals surface area (Å²) < 4.78 is 5.21. The van der Waals surface area contributed by atoms with Crippen molar-refractivity contribution >= 4 is 46.2 Å². The van der Waals surface area contributed by atoms with E-state index in [0.29, 0.717) is 27.8 Å². The lowest BCUT2D eigenvalue weighted by molar-refractivity contribution is -0.120. The molecule has 6 nitrogen and oxygen atoms in total. The molecular weight excluding hydrogens is 426 g/mol. The van der Waals surface area contributed by atoms with Crippen molar-refractivity contribution in [3.05, 3.63) is 82.9 Å². The van der Waals surface area contributed by atoms with E-state index in [1.165, 1.54) is 4.90 Å². The average Bonchev–Trinajstić information content (AvgIpc) is 2.93. The monoisotopic (exact) mass is 447 g/mol. The number of carbonyl (C=O) groups excluding carboxylic acids is 2. The zero-order valence-corrected chi connectivity index (χ0v) is 18.5. The number of halogens is 1. The van der Waals surface area contributed by atoms with Crippen LogP contribution in [0.5, 0.6) is 5.75 Å². The van der Waals surface area contributed by atoms with Gasteiger partial charge in [0.2, 0.25) is 11.8 Å². The molecule has 3 aromatic carbocycles. The van der Waals surface area contributed by atoms with Crippen LogP contribution in [0.4, 0.5) is 17.1 Å². The summed E-state index contributed by atoms with van der Waals surface area (Å²) in [5.74, 6) is 0.201. The Morgan fingerprint density at radius 3 is 2.59 bits per heavy atom. The summed E-state index contributed by atoms with van der Waals surface area (Å²) in [6, 6.07) is 20.0. The standard InChI is InChI=1S/C25H22ClN3O3/c1-16-7-10-18(13-20(16)26)27-24(30)15-29-23-6-4-3-5-21(23)28-22(14-25(29)31)17-8-11-19(32-2)12-9-17/h3-13H,14-15H2,1-2H3,(H,27,30). The first-order valence-electron chi connectivity index (χ1n) is 10.1. The van der Waals surface area contributed by atoms with Crippen molar-refractivity contribution in [2.24, 2.45) is 4.99 Å². The summed E-state index contributed by atoms with van der Waals surface area (Å²) in [6.07, 6.45) is 0.0741. The number of hydrogen-bond acceptors (Lipinski definition) is 4. The first kappa shape index (κ1) is 21.6. The molecule has 0 aromatic heterocycles. The lowest BCUT2D eigenvalue weighted by Gasteiger charge is -2.22. The number of fused-ring (bicyclic) bond motifs is 1. The van der Waals surface area contributed by atoms with Crippen LogP contribution in [0.2, 0.25) is 5.02 Å². The van der Waals surface area contributed by atoms with Crippen LogP contribution < -0.4 is 15.0 Å². The Kier molecular flexibility index (Phi) is 6.23. The van der Waals surface area contributed by atoms with Gasteiger partial charge in [0.05, 0.1) is 30.6 Å². The number of hydrogen-bond donors (Lipinski definition) is 1. The molecule has 7 heteroatoms. The van der Waals surface area contributed by atoms with Crippen LogP contribution >= 0.6 is 11.6 Å². The molecule has 0 saturated carbocycles. The van der Waals surface area contributed by atoms with Crippen molar-refractivity contribution in [1.82, 2.24) is 0 Å². The molecule has 0 radical (unpaired) electrons. The van der Waals surface area contributed by atoms with Gasteiger partial charge in [-0.15, -0.1) is 0 Å². The lowest BCUT2D eigenvalue weighted by Crippen LogP contribution is -2.38. The number of rotatable bonds is 5. The van der Waals surface area contributed by atoms with Gasteiger partial charge in [0.15, 0.2) is 0 Å². The molecule has 0 aliphatic carbocycles. The Hall–Kier alpha value is -3.64. The van der Waals surface area contributed by atoms with E-state index in [2.05, 4.69) is 5.32 Å². The Balaban J connectivity index is 1.59. The first-order chi connectivity index (χ1) is 15.4. The molecule has 0 atom stereocenters. The van der Waals surface area contributed by atoms with E-state index >= 15 is 0 Å². The van der Waals surface area contributed by atoms with Crippen LogP contribution in [0.15, 0.2) is 71.7 Å². The van der Waals surface area contributed by atoms with Crippen molar-refractivity contribution in [3.8, 4) is 5.75 Å². The predicted octanol–water partition coefficient (Wildman–Crippen LogP) is 5.15. The first-order valence-corrected chi connectivity index (χ1v) is 10.5. The highest BCUT2D eigenvalue weighted by Gasteiger charge is 2.26. The molecule has 162 valence electrons. The Morgan fingerprint density at radius 2 is 1.88 bits per heavy atom. The number of amides is 2. The van der Waals surface area contributed by atoms with Gasteiger partial charge in [-0.1, -0.05) is 29.8 Å². The molecular formula is C25H22ClN3O3. The zero-order chi connectivity index (χ0) is 22.7. The minimum absolute atomic E-state index is 0.0741. The molecule has 1 N–H and O–H groups in total. The summed E-state index contributed by atoms with van der Waals surface area (Å²) in [5, 5.41) is 3.38. The second kappa shape index (κ2) is 9.24. The minimum atomic E-state index is -0.319. The lowest BCUT2D eigenvalue weighted by atomic mass is 10.1. The van der Waals surface area contributed by atoms with Gasteiger partial charge in [-0.2, -0.15) is 0 Å². The molecule has 1 aliphatic rings. The SMILES string of the molecule is COc1ccc(C2=Nc3ccccc3N(CC(=O)Nc3ccc(C)c(Cl)c3)C(=O)C2)cc1. The van der Waals surface area contributed by atoms with Crippen LogP contribution in [0, 0.1) is 6.92 Å². The number of nitrogens with zero attached hydrogens (tertiary/aromatic N) is 2. The van der Waals surface area contributed by atoms with E-state index in [1.807, 2.05) is 55.5 Å². The zero-order valence-electron chi connectivity index (χ0n) is 17.8. The van der Waals surface area contributed by atoms with E-state index in [9.17, 15) is 9.59 Å². The summed E-state index contributed by atoms with van der Waals surface area (Å²) in [7, 11) is 1.60. The molecule has 0 fully saturated rings. The number of aliphatic imine (C=N–C) groups is 1. The molecule has 4 rings (SSSR count). The number of benzene rings is 3. The van der Waals surface area contributed by atoms with Gasteiger partial charge in [-0.25, -0.2) is 0 Å². The van der Waals surface area contributed by atoms with E-state index in [1.54, 1.807) is 25.3 Å². The highest BCUT2D eigenvalue weighted by Crippen LogP contribution is 2.33. The predicted molar refractivity (Wildman–Crippen MR) is 127 cm³/mol. The highest BCUT2D eigenvalue weighted by molar-refractivity contribution is 6.31. The van der Waals surface area contributed by atoms with Gasteiger partial charge < -0.3 is 15.0 Å². The minimum Gasteiger partial charge on any atom is -0.497 e. The second-order valence-electron chi connectivity index (χ2n) is 7.44. The molecule has 0 saturated heterocycles. The van der Waals surface area contributed by atoms with Gasteiger partial charge in [0.25, 0.3) is 0 Å². The average molecular weight is 448 g/mol. The van der Waals surface area contributed by atoms with E-state index in [-0.39, 0.29) is 24.8 Å². The maximum absolute atomic E-state index is 13.2. The third-order valence-corrected chi connectivity index (χ3v) is 5.64. The number of para-hydroxylation sites is 2. The molecule has 0 spiro atoms. The fourth-order valence-corrected chi connectivity index (χ4v) is 3.66. The topological polar surface area (TPSA) is 71.0 Å². The third kappa shape index (κ3) is 4.65. The maximum atomic E-state index is 13.2.